The van der Waals surface area contributed by atoms with Gasteiger partial charge < -0.3 is 0 Å². The summed E-state index contributed by atoms with van der Waals surface area (Å²) in [6, 6.07) is 5.30. The number of hydrogen-bond acceptors (Lipinski definition) is 4. The van der Waals surface area contributed by atoms with E-state index in [1.54, 1.807) is 12.1 Å². The van der Waals surface area contributed by atoms with Gasteiger partial charge in [-0.2, -0.15) is 14.8 Å². The van der Waals surface area contributed by atoms with Gasteiger partial charge >= 0.3 is 0 Å². The fourth-order valence-electron chi connectivity index (χ4n) is 2.25. The number of hydrogen-bond donors (Lipinski definition) is 0. The van der Waals surface area contributed by atoms with Crippen LogP contribution in [0.15, 0.2) is 0 Å². The Bertz CT molecular complexity index is 517. The van der Waals surface area contributed by atoms with E-state index in [1.807, 2.05) is 0 Å². The summed E-state index contributed by atoms with van der Waals surface area (Å²) >= 11 is 0. The molecule has 0 heterocycles. The van der Waals surface area contributed by atoms with Crippen molar-refractivity contribution < 1.29 is 8.42 Å². The van der Waals surface area contributed by atoms with Crippen LogP contribution in [-0.4, -0.2) is 47.2 Å². The minimum atomic E-state index is -3.86. The highest BCUT2D eigenvalue weighted by Crippen LogP contribution is 2.18. The van der Waals surface area contributed by atoms with Crippen LogP contribution >= 0.6 is 0 Å². The molecule has 0 fully saturated rings. The lowest BCUT2D eigenvalue weighted by Crippen LogP contribution is -2.40. The maximum absolute atomic E-state index is 12.5. The quantitative estimate of drug-likeness (QED) is 0.549. The second kappa shape index (κ2) is 8.98. The molecule has 0 saturated carbocycles. The third-order valence-electron chi connectivity index (χ3n) is 3.56. The summed E-state index contributed by atoms with van der Waals surface area (Å²) in [6.07, 6.45) is 1.59. The van der Waals surface area contributed by atoms with E-state index in [-0.39, 0.29) is 0 Å². The van der Waals surface area contributed by atoms with Crippen molar-refractivity contribution in [2.45, 2.75) is 69.5 Å². The fourth-order valence-corrected chi connectivity index (χ4v) is 6.02. The van der Waals surface area contributed by atoms with E-state index in [4.69, 9.17) is 10.5 Å². The standard InChI is InChI=1S/C15H31N3O2SSi2/c1-22(2,3)11-7-9-18(10-8-12-23(4,5)6)21(19,20)15(13-16)14-17/h15H,7-12H2,1-6H3. The number of sulfonamides is 1. The molecule has 5 nitrogen and oxygen atoms in total. The Morgan fingerprint density at radius 1 is 0.870 bits per heavy atom. The third kappa shape index (κ3) is 9.26. The molecule has 23 heavy (non-hydrogen) atoms. The summed E-state index contributed by atoms with van der Waals surface area (Å²) < 4.78 is 26.4. The van der Waals surface area contributed by atoms with E-state index in [9.17, 15) is 8.42 Å². The van der Waals surface area contributed by atoms with Gasteiger partial charge in [0.15, 0.2) is 0 Å². The van der Waals surface area contributed by atoms with Gasteiger partial charge in [0.05, 0.1) is 12.1 Å². The molecule has 0 atom stereocenters. The highest BCUT2D eigenvalue weighted by molar-refractivity contribution is 7.90. The highest BCUT2D eigenvalue weighted by Gasteiger charge is 2.32. The van der Waals surface area contributed by atoms with Crippen molar-refractivity contribution in [2.75, 3.05) is 13.1 Å². The Kier molecular flexibility index (Phi) is 8.71. The molecule has 0 N–H and O–H groups in total. The van der Waals surface area contributed by atoms with Crippen LogP contribution in [0.2, 0.25) is 51.4 Å². The molecule has 0 saturated heterocycles. The molecule has 0 amide bonds. The summed E-state index contributed by atoms with van der Waals surface area (Å²) in [5.41, 5.74) is 0. The largest absolute Gasteiger partial charge is 0.247 e. The van der Waals surface area contributed by atoms with E-state index in [1.165, 1.54) is 4.31 Å². The molecule has 0 aliphatic rings. The van der Waals surface area contributed by atoms with Gasteiger partial charge in [-0.3, -0.25) is 0 Å². The maximum Gasteiger partial charge on any atom is 0.247 e. The van der Waals surface area contributed by atoms with Crippen molar-refractivity contribution in [3.63, 3.8) is 0 Å². The van der Waals surface area contributed by atoms with E-state index >= 15 is 0 Å². The van der Waals surface area contributed by atoms with E-state index in [2.05, 4.69) is 39.3 Å². The Morgan fingerprint density at radius 3 is 1.48 bits per heavy atom. The Hall–Kier alpha value is -0.676. The molecule has 0 spiro atoms. The first-order valence-corrected chi connectivity index (χ1v) is 17.0. The molecule has 0 aromatic heterocycles. The monoisotopic (exact) mass is 373 g/mol. The molecule has 0 bridgehead atoms. The summed E-state index contributed by atoms with van der Waals surface area (Å²) in [7, 11) is -6.32. The lowest BCUT2D eigenvalue weighted by Gasteiger charge is -2.25. The highest BCUT2D eigenvalue weighted by atomic mass is 32.2. The first-order valence-electron chi connectivity index (χ1n) is 8.12. The van der Waals surface area contributed by atoms with Crippen LogP contribution in [0.5, 0.6) is 0 Å². The summed E-state index contributed by atoms with van der Waals surface area (Å²) in [4.78, 5) is 0. The van der Waals surface area contributed by atoms with Crippen molar-refractivity contribution >= 4 is 26.2 Å². The molecular formula is C15H31N3O2SSi2. The topological polar surface area (TPSA) is 85.0 Å². The normalized spacial score (nSPS) is 13.1. The van der Waals surface area contributed by atoms with Gasteiger partial charge in [0.1, 0.15) is 0 Å². The van der Waals surface area contributed by atoms with E-state index in [0.717, 1.165) is 24.9 Å². The predicted octanol–water partition coefficient (Wildman–Crippen LogP) is 3.49. The van der Waals surface area contributed by atoms with Gasteiger partial charge in [0.25, 0.3) is 0 Å². The second-order valence-corrected chi connectivity index (χ2v) is 21.7. The van der Waals surface area contributed by atoms with Crippen LogP contribution in [0.3, 0.4) is 0 Å². The molecular weight excluding hydrogens is 342 g/mol. The van der Waals surface area contributed by atoms with Crippen molar-refractivity contribution in [1.29, 1.82) is 10.5 Å². The van der Waals surface area contributed by atoms with Crippen LogP contribution in [0.1, 0.15) is 12.8 Å². The average Bonchev–Trinajstić information content (AvgIpc) is 2.35. The second-order valence-electron chi connectivity index (χ2n) is 8.41. The van der Waals surface area contributed by atoms with E-state index in [0.29, 0.717) is 13.1 Å². The Balaban J connectivity index is 5.01. The minimum Gasteiger partial charge on any atom is -0.210 e. The van der Waals surface area contributed by atoms with Crippen molar-refractivity contribution in [1.82, 2.24) is 4.31 Å². The third-order valence-corrected chi connectivity index (χ3v) is 9.16. The summed E-state index contributed by atoms with van der Waals surface area (Å²) in [5.74, 6) is 0. The maximum atomic E-state index is 12.5. The molecule has 0 aliphatic carbocycles. The van der Waals surface area contributed by atoms with Crippen LogP contribution < -0.4 is 0 Å². The molecule has 0 rings (SSSR count). The molecule has 0 aliphatic heterocycles. The lowest BCUT2D eigenvalue weighted by molar-refractivity contribution is 0.408. The molecule has 132 valence electrons. The van der Waals surface area contributed by atoms with Crippen LogP contribution in [0, 0.1) is 22.7 Å². The summed E-state index contributed by atoms with van der Waals surface area (Å²) in [6.45, 7) is 14.4. The van der Waals surface area contributed by atoms with E-state index < -0.39 is 31.4 Å². The van der Waals surface area contributed by atoms with Gasteiger partial charge in [0, 0.05) is 29.2 Å². The molecule has 0 radical (unpaired) electrons. The smallest absolute Gasteiger partial charge is 0.210 e. The zero-order valence-electron chi connectivity index (χ0n) is 15.4. The molecule has 8 heteroatoms. The molecule has 0 unspecified atom stereocenters. The number of rotatable bonds is 10. The van der Waals surface area contributed by atoms with Gasteiger partial charge in [-0.05, 0) is 12.8 Å². The Morgan fingerprint density at radius 2 is 1.22 bits per heavy atom. The van der Waals surface area contributed by atoms with Crippen LogP contribution in [-0.2, 0) is 10.0 Å². The first kappa shape index (κ1) is 22.3. The minimum absolute atomic E-state index is 0.415. The SMILES string of the molecule is C[Si](C)(C)CCCN(CCC[Si](C)(C)C)S(=O)(=O)C(C#N)C#N. The zero-order valence-corrected chi connectivity index (χ0v) is 18.2. The Labute approximate surface area is 144 Å². The van der Waals surface area contributed by atoms with Gasteiger partial charge in [-0.1, -0.05) is 51.4 Å². The average molecular weight is 374 g/mol. The fraction of sp³-hybridized carbons (Fsp3) is 0.867. The molecule has 0 aromatic rings. The van der Waals surface area contributed by atoms with Gasteiger partial charge in [-0.15, -0.1) is 0 Å². The predicted molar refractivity (Wildman–Crippen MR) is 101 cm³/mol. The zero-order chi connectivity index (χ0) is 18.3. The van der Waals surface area contributed by atoms with Crippen LogP contribution in [0.4, 0.5) is 0 Å². The van der Waals surface area contributed by atoms with Crippen LogP contribution in [0.25, 0.3) is 0 Å². The lowest BCUT2D eigenvalue weighted by atomic mass is 10.4. The van der Waals surface area contributed by atoms with Crippen molar-refractivity contribution in [3.05, 3.63) is 0 Å². The first-order chi connectivity index (χ1) is 10.3. The summed E-state index contributed by atoms with van der Waals surface area (Å²) in [5, 5.41) is 16.3. The van der Waals surface area contributed by atoms with Gasteiger partial charge in [0.2, 0.25) is 15.3 Å². The van der Waals surface area contributed by atoms with Gasteiger partial charge in [-0.25, -0.2) is 8.42 Å². The number of nitrogens with zero attached hydrogens (tertiary/aromatic N) is 3. The number of nitriles is 2. The van der Waals surface area contributed by atoms with Crippen molar-refractivity contribution in [2.24, 2.45) is 0 Å². The van der Waals surface area contributed by atoms with Crippen molar-refractivity contribution in [3.8, 4) is 12.1 Å². The molecule has 0 aromatic carbocycles.